The van der Waals surface area contributed by atoms with Crippen molar-refractivity contribution in [1.82, 2.24) is 15.1 Å². The molecule has 0 aromatic heterocycles. The van der Waals surface area contributed by atoms with Gasteiger partial charge in [-0.3, -0.25) is 14.5 Å². The van der Waals surface area contributed by atoms with Gasteiger partial charge in [-0.25, -0.2) is 0 Å². The predicted octanol–water partition coefficient (Wildman–Crippen LogP) is 0.625. The molecule has 3 N–H and O–H groups in total. The highest BCUT2D eigenvalue weighted by atomic mass is 35.5. The lowest BCUT2D eigenvalue weighted by atomic mass is 10.1. The van der Waals surface area contributed by atoms with Crippen LogP contribution < -0.4 is 11.1 Å². The van der Waals surface area contributed by atoms with Gasteiger partial charge in [0.25, 0.3) is 0 Å². The van der Waals surface area contributed by atoms with Gasteiger partial charge in [0.15, 0.2) is 0 Å². The number of nitrogens with zero attached hydrogens (tertiary/aromatic N) is 2. The van der Waals surface area contributed by atoms with Crippen molar-refractivity contribution < 1.29 is 9.59 Å². The van der Waals surface area contributed by atoms with Crippen LogP contribution in [0.3, 0.4) is 0 Å². The van der Waals surface area contributed by atoms with E-state index in [1.165, 1.54) is 12.8 Å². The van der Waals surface area contributed by atoms with Crippen LogP contribution in [0, 0.1) is 5.92 Å². The first-order valence-corrected chi connectivity index (χ1v) is 7.93. The maximum atomic E-state index is 12.2. The Morgan fingerprint density at radius 3 is 2.39 bits per heavy atom. The number of rotatable bonds is 6. The van der Waals surface area contributed by atoms with Gasteiger partial charge in [0.05, 0.1) is 12.6 Å². The maximum Gasteiger partial charge on any atom is 0.242 e. The number of nitrogens with two attached hydrogens (primary N) is 1. The van der Waals surface area contributed by atoms with Gasteiger partial charge in [0.2, 0.25) is 11.8 Å². The number of likely N-dealkylation sites (N-methyl/N-ethyl adjacent to an activating group) is 1. The molecule has 2 rings (SSSR count). The normalized spacial score (nSPS) is 22.0. The van der Waals surface area contributed by atoms with E-state index in [9.17, 15) is 9.59 Å². The third kappa shape index (κ3) is 6.10. The zero-order chi connectivity index (χ0) is 15.6. The van der Waals surface area contributed by atoms with Crippen molar-refractivity contribution in [2.24, 2.45) is 11.7 Å². The van der Waals surface area contributed by atoms with E-state index in [4.69, 9.17) is 5.73 Å². The molecule has 0 spiro atoms. The Hall–Kier alpha value is -0.560. The van der Waals surface area contributed by atoms with Crippen molar-refractivity contribution in [3.63, 3.8) is 0 Å². The molecule has 1 unspecified atom stereocenters. The predicted molar refractivity (Wildman–Crippen MR) is 96.1 cm³/mol. The van der Waals surface area contributed by atoms with Gasteiger partial charge in [-0.2, -0.15) is 0 Å². The molecule has 1 heterocycles. The lowest BCUT2D eigenvalue weighted by Crippen LogP contribution is -2.49. The summed E-state index contributed by atoms with van der Waals surface area (Å²) in [6.07, 6.45) is 3.62. The summed E-state index contributed by atoms with van der Waals surface area (Å²) >= 11 is 0. The molecule has 1 aliphatic carbocycles. The van der Waals surface area contributed by atoms with Gasteiger partial charge < -0.3 is 16.0 Å². The van der Waals surface area contributed by atoms with Crippen LogP contribution >= 0.6 is 24.8 Å². The van der Waals surface area contributed by atoms with Crippen molar-refractivity contribution >= 4 is 36.6 Å². The van der Waals surface area contributed by atoms with E-state index in [0.717, 1.165) is 25.6 Å². The third-order valence-electron chi connectivity index (χ3n) is 4.63. The van der Waals surface area contributed by atoms with E-state index < -0.39 is 6.04 Å². The largest absolute Gasteiger partial charge is 0.346 e. The highest BCUT2D eigenvalue weighted by Gasteiger charge is 2.36. The van der Waals surface area contributed by atoms with E-state index >= 15 is 0 Å². The van der Waals surface area contributed by atoms with E-state index in [2.05, 4.69) is 10.2 Å². The molecule has 2 fully saturated rings. The van der Waals surface area contributed by atoms with Crippen LogP contribution in [-0.2, 0) is 9.59 Å². The first-order valence-electron chi connectivity index (χ1n) is 7.93. The summed E-state index contributed by atoms with van der Waals surface area (Å²) < 4.78 is 0. The van der Waals surface area contributed by atoms with E-state index in [0.29, 0.717) is 0 Å². The molecule has 6 nitrogen and oxygen atoms in total. The standard InChI is InChI=1S/C15H28N4O2.2ClH/c1-10(2)14(16)15(21)17-8-13(20)18(3)12-6-7-19(9-12)11-4-5-11;;/h10-12,14H,4-9,16H2,1-3H3,(H,17,21);2*1H/t12?,14-;;/m0../s1. The Bertz CT molecular complexity index is 405. The second-order valence-corrected chi connectivity index (χ2v) is 6.66. The molecule has 23 heavy (non-hydrogen) atoms. The van der Waals surface area contributed by atoms with Crippen molar-refractivity contribution in [1.29, 1.82) is 0 Å². The molecule has 1 saturated carbocycles. The van der Waals surface area contributed by atoms with Crippen molar-refractivity contribution in [3.05, 3.63) is 0 Å². The molecule has 0 bridgehead atoms. The average molecular weight is 369 g/mol. The summed E-state index contributed by atoms with van der Waals surface area (Å²) in [5.41, 5.74) is 5.76. The van der Waals surface area contributed by atoms with Crippen LogP contribution in [0.1, 0.15) is 33.1 Å². The van der Waals surface area contributed by atoms with Gasteiger partial charge in [-0.15, -0.1) is 24.8 Å². The molecule has 136 valence electrons. The second kappa shape index (κ2) is 9.67. The van der Waals surface area contributed by atoms with Gasteiger partial charge in [0.1, 0.15) is 0 Å². The highest BCUT2D eigenvalue weighted by Crippen LogP contribution is 2.30. The summed E-state index contributed by atoms with van der Waals surface area (Å²) in [5.74, 6) is -0.223. The number of hydrogen-bond acceptors (Lipinski definition) is 4. The minimum absolute atomic E-state index is 0. The minimum Gasteiger partial charge on any atom is -0.346 e. The van der Waals surface area contributed by atoms with Gasteiger partial charge in [0, 0.05) is 32.2 Å². The van der Waals surface area contributed by atoms with Crippen LogP contribution in [0.15, 0.2) is 0 Å². The van der Waals surface area contributed by atoms with Crippen molar-refractivity contribution in [3.8, 4) is 0 Å². The van der Waals surface area contributed by atoms with E-state index in [1.807, 2.05) is 20.9 Å². The number of carbonyl (C=O) groups is 2. The highest BCUT2D eigenvalue weighted by molar-refractivity contribution is 5.87. The topological polar surface area (TPSA) is 78.7 Å². The molecule has 2 amide bonds. The number of likely N-dealkylation sites (tertiary alicyclic amines) is 1. The Labute approximate surface area is 151 Å². The first-order chi connectivity index (χ1) is 9.90. The third-order valence-corrected chi connectivity index (χ3v) is 4.63. The molecule has 1 aliphatic heterocycles. The second-order valence-electron chi connectivity index (χ2n) is 6.66. The lowest BCUT2D eigenvalue weighted by molar-refractivity contribution is -0.133. The fourth-order valence-electron chi connectivity index (χ4n) is 2.77. The molecule has 0 aromatic rings. The Morgan fingerprint density at radius 1 is 1.26 bits per heavy atom. The van der Waals surface area contributed by atoms with Gasteiger partial charge >= 0.3 is 0 Å². The van der Waals surface area contributed by atoms with Crippen LogP contribution in [-0.4, -0.2) is 66.4 Å². The summed E-state index contributed by atoms with van der Waals surface area (Å²) in [7, 11) is 1.83. The number of amides is 2. The van der Waals surface area contributed by atoms with Gasteiger partial charge in [-0.1, -0.05) is 13.8 Å². The van der Waals surface area contributed by atoms with Crippen LogP contribution in [0.4, 0.5) is 0 Å². The fourth-order valence-corrected chi connectivity index (χ4v) is 2.77. The molecule has 8 heteroatoms. The number of halogens is 2. The Balaban J connectivity index is 0.00000242. The fraction of sp³-hybridized carbons (Fsp3) is 0.867. The van der Waals surface area contributed by atoms with Gasteiger partial charge in [-0.05, 0) is 25.2 Å². The molecule has 2 atom stereocenters. The van der Waals surface area contributed by atoms with Crippen LogP contribution in [0.5, 0.6) is 0 Å². The van der Waals surface area contributed by atoms with E-state index in [-0.39, 0.29) is 55.1 Å². The molecule has 2 aliphatic rings. The lowest BCUT2D eigenvalue weighted by Gasteiger charge is -2.25. The quantitative estimate of drug-likeness (QED) is 0.720. The zero-order valence-corrected chi connectivity index (χ0v) is 15.8. The zero-order valence-electron chi connectivity index (χ0n) is 14.2. The summed E-state index contributed by atoms with van der Waals surface area (Å²) in [6.45, 7) is 5.87. The first kappa shape index (κ1) is 22.4. The summed E-state index contributed by atoms with van der Waals surface area (Å²) in [6, 6.07) is 0.468. The molecule has 0 aromatic carbocycles. The number of carbonyl (C=O) groups excluding carboxylic acids is 2. The van der Waals surface area contributed by atoms with Crippen molar-refractivity contribution in [2.75, 3.05) is 26.7 Å². The van der Waals surface area contributed by atoms with Crippen molar-refractivity contribution in [2.45, 2.75) is 51.2 Å². The average Bonchev–Trinajstić information content (AvgIpc) is 3.20. The number of nitrogens with one attached hydrogen (secondary N) is 1. The minimum atomic E-state index is -0.556. The SMILES string of the molecule is CC(C)[C@H](N)C(=O)NCC(=O)N(C)C1CCN(C2CC2)C1.Cl.Cl. The Morgan fingerprint density at radius 2 is 1.87 bits per heavy atom. The molecular weight excluding hydrogens is 339 g/mol. The summed E-state index contributed by atoms with van der Waals surface area (Å²) in [5, 5.41) is 2.65. The smallest absolute Gasteiger partial charge is 0.242 e. The van der Waals surface area contributed by atoms with Crippen LogP contribution in [0.25, 0.3) is 0 Å². The maximum absolute atomic E-state index is 12.2. The molecule has 0 radical (unpaired) electrons. The molecular formula is C15H30Cl2N4O2. The molecule has 1 saturated heterocycles. The van der Waals surface area contributed by atoms with Crippen LogP contribution in [0.2, 0.25) is 0 Å². The van der Waals surface area contributed by atoms with E-state index in [1.54, 1.807) is 4.90 Å². The summed E-state index contributed by atoms with van der Waals surface area (Å²) in [4.78, 5) is 28.2. The monoisotopic (exact) mass is 368 g/mol. The Kier molecular flexibility index (Phi) is 9.43. The number of hydrogen-bond donors (Lipinski definition) is 2.